The maximum Gasteiger partial charge on any atom is 0.202 e. The van der Waals surface area contributed by atoms with Crippen molar-refractivity contribution in [1.82, 2.24) is 9.36 Å². The molecule has 0 saturated carbocycles. The SMILES string of the molecule is CC(C)c1nsc(NCC2COC(C)(C)O2)n1. The Labute approximate surface area is 106 Å². The van der Waals surface area contributed by atoms with Crippen LogP contribution in [0.3, 0.4) is 0 Å². The third-order valence-electron chi connectivity index (χ3n) is 2.51. The molecule has 1 N–H and O–H groups in total. The van der Waals surface area contributed by atoms with Crippen LogP contribution in [0.2, 0.25) is 0 Å². The number of rotatable bonds is 4. The Morgan fingerprint density at radius 1 is 1.53 bits per heavy atom. The van der Waals surface area contributed by atoms with Gasteiger partial charge in [0.1, 0.15) is 11.9 Å². The number of ether oxygens (including phenoxy) is 2. The first-order valence-electron chi connectivity index (χ1n) is 5.85. The standard InChI is InChI=1S/C11H19N3O2S/c1-7(2)9-13-10(17-14-9)12-5-8-6-15-11(3,4)16-8/h7-8H,5-6H2,1-4H3,(H,12,13,14). The van der Waals surface area contributed by atoms with Gasteiger partial charge >= 0.3 is 0 Å². The molecular formula is C11H19N3O2S. The van der Waals surface area contributed by atoms with Crippen molar-refractivity contribution in [3.63, 3.8) is 0 Å². The molecule has 96 valence electrons. The number of nitrogens with zero attached hydrogens (tertiary/aromatic N) is 2. The summed E-state index contributed by atoms with van der Waals surface area (Å²) >= 11 is 1.39. The molecule has 0 aliphatic carbocycles. The van der Waals surface area contributed by atoms with Crippen LogP contribution in [-0.2, 0) is 9.47 Å². The molecule has 0 aromatic carbocycles. The number of aromatic nitrogens is 2. The minimum atomic E-state index is -0.462. The summed E-state index contributed by atoms with van der Waals surface area (Å²) < 4.78 is 15.5. The molecule has 0 bridgehead atoms. The third-order valence-corrected chi connectivity index (χ3v) is 3.19. The maximum absolute atomic E-state index is 5.70. The summed E-state index contributed by atoms with van der Waals surface area (Å²) in [7, 11) is 0. The van der Waals surface area contributed by atoms with Crippen LogP contribution in [0.4, 0.5) is 5.13 Å². The van der Waals surface area contributed by atoms with E-state index in [0.29, 0.717) is 19.1 Å². The van der Waals surface area contributed by atoms with E-state index in [2.05, 4.69) is 28.5 Å². The van der Waals surface area contributed by atoms with E-state index in [9.17, 15) is 0 Å². The summed E-state index contributed by atoms with van der Waals surface area (Å²) in [6.45, 7) is 9.35. The summed E-state index contributed by atoms with van der Waals surface area (Å²) in [6.07, 6.45) is 0.0800. The average Bonchev–Trinajstić information content (AvgIpc) is 2.81. The highest BCUT2D eigenvalue weighted by Gasteiger charge is 2.32. The van der Waals surface area contributed by atoms with E-state index in [-0.39, 0.29) is 6.10 Å². The van der Waals surface area contributed by atoms with E-state index < -0.39 is 5.79 Å². The lowest BCUT2D eigenvalue weighted by Gasteiger charge is -2.17. The minimum absolute atomic E-state index is 0.0800. The fourth-order valence-corrected chi connectivity index (χ4v) is 2.32. The molecule has 6 heteroatoms. The van der Waals surface area contributed by atoms with Crippen molar-refractivity contribution >= 4 is 16.7 Å². The largest absolute Gasteiger partial charge is 0.358 e. The third kappa shape index (κ3) is 3.37. The van der Waals surface area contributed by atoms with Crippen LogP contribution in [0.1, 0.15) is 39.4 Å². The summed E-state index contributed by atoms with van der Waals surface area (Å²) in [6, 6.07) is 0. The molecular weight excluding hydrogens is 238 g/mol. The Morgan fingerprint density at radius 3 is 2.82 bits per heavy atom. The van der Waals surface area contributed by atoms with Crippen molar-refractivity contribution in [2.75, 3.05) is 18.5 Å². The van der Waals surface area contributed by atoms with E-state index in [4.69, 9.17) is 9.47 Å². The Kier molecular flexibility index (Phi) is 3.65. The van der Waals surface area contributed by atoms with Gasteiger partial charge in [-0.25, -0.2) is 4.98 Å². The average molecular weight is 257 g/mol. The lowest BCUT2D eigenvalue weighted by Crippen LogP contribution is -2.25. The molecule has 1 aromatic heterocycles. The summed E-state index contributed by atoms with van der Waals surface area (Å²) in [5, 5.41) is 4.09. The second-order valence-corrected chi connectivity index (χ2v) is 5.70. The Morgan fingerprint density at radius 2 is 2.29 bits per heavy atom. The van der Waals surface area contributed by atoms with Gasteiger partial charge < -0.3 is 14.8 Å². The van der Waals surface area contributed by atoms with Gasteiger partial charge in [0, 0.05) is 24.0 Å². The van der Waals surface area contributed by atoms with Gasteiger partial charge in [-0.1, -0.05) is 13.8 Å². The summed E-state index contributed by atoms with van der Waals surface area (Å²) in [4.78, 5) is 4.41. The van der Waals surface area contributed by atoms with E-state index in [1.54, 1.807) is 0 Å². The first kappa shape index (κ1) is 12.7. The van der Waals surface area contributed by atoms with Crippen molar-refractivity contribution in [2.45, 2.75) is 45.5 Å². The molecule has 1 aliphatic heterocycles. The molecule has 5 nitrogen and oxygen atoms in total. The van der Waals surface area contributed by atoms with Gasteiger partial charge in [-0.3, -0.25) is 0 Å². The van der Waals surface area contributed by atoms with Crippen LogP contribution in [-0.4, -0.2) is 34.4 Å². The van der Waals surface area contributed by atoms with Crippen LogP contribution >= 0.6 is 11.5 Å². The molecule has 1 fully saturated rings. The Hall–Kier alpha value is -0.720. The van der Waals surface area contributed by atoms with Crippen LogP contribution in [0.5, 0.6) is 0 Å². The number of anilines is 1. The summed E-state index contributed by atoms with van der Waals surface area (Å²) in [5.74, 6) is 0.796. The number of hydrogen-bond acceptors (Lipinski definition) is 6. The Balaban J connectivity index is 1.82. The Bertz CT molecular complexity index is 379. The molecule has 1 aliphatic rings. The fourth-order valence-electron chi connectivity index (χ4n) is 1.61. The van der Waals surface area contributed by atoms with Crippen molar-refractivity contribution in [3.05, 3.63) is 5.82 Å². The van der Waals surface area contributed by atoms with E-state index in [1.807, 2.05) is 13.8 Å². The summed E-state index contributed by atoms with van der Waals surface area (Å²) in [5.41, 5.74) is 0. The van der Waals surface area contributed by atoms with Gasteiger partial charge in [0.15, 0.2) is 5.79 Å². The molecule has 1 aromatic rings. The zero-order valence-electron chi connectivity index (χ0n) is 10.7. The van der Waals surface area contributed by atoms with Crippen LogP contribution in [0.25, 0.3) is 0 Å². The highest BCUT2D eigenvalue weighted by atomic mass is 32.1. The molecule has 0 radical (unpaired) electrons. The van der Waals surface area contributed by atoms with Gasteiger partial charge in [0.05, 0.1) is 6.61 Å². The van der Waals surface area contributed by atoms with Gasteiger partial charge in [-0.05, 0) is 13.8 Å². The van der Waals surface area contributed by atoms with Crippen molar-refractivity contribution < 1.29 is 9.47 Å². The highest BCUT2D eigenvalue weighted by molar-refractivity contribution is 7.09. The molecule has 0 amide bonds. The molecule has 0 spiro atoms. The van der Waals surface area contributed by atoms with Gasteiger partial charge in [0.2, 0.25) is 5.13 Å². The lowest BCUT2D eigenvalue weighted by atomic mass is 10.2. The van der Waals surface area contributed by atoms with E-state index in [1.165, 1.54) is 11.5 Å². The second-order valence-electron chi connectivity index (χ2n) is 4.94. The normalized spacial score (nSPS) is 23.2. The predicted molar refractivity (Wildman–Crippen MR) is 67.4 cm³/mol. The zero-order chi connectivity index (χ0) is 12.5. The second kappa shape index (κ2) is 4.88. The van der Waals surface area contributed by atoms with Crippen LogP contribution in [0.15, 0.2) is 0 Å². The van der Waals surface area contributed by atoms with Crippen molar-refractivity contribution in [2.24, 2.45) is 0 Å². The first-order chi connectivity index (χ1) is 7.96. The fraction of sp³-hybridized carbons (Fsp3) is 0.818. The minimum Gasteiger partial charge on any atom is -0.358 e. The van der Waals surface area contributed by atoms with E-state index >= 15 is 0 Å². The number of hydrogen-bond donors (Lipinski definition) is 1. The quantitative estimate of drug-likeness (QED) is 0.896. The van der Waals surface area contributed by atoms with Gasteiger partial charge in [-0.15, -0.1) is 0 Å². The molecule has 2 rings (SSSR count). The smallest absolute Gasteiger partial charge is 0.202 e. The first-order valence-corrected chi connectivity index (χ1v) is 6.63. The van der Waals surface area contributed by atoms with Crippen molar-refractivity contribution in [1.29, 1.82) is 0 Å². The molecule has 1 saturated heterocycles. The number of nitrogens with one attached hydrogen (secondary N) is 1. The maximum atomic E-state index is 5.70. The lowest BCUT2D eigenvalue weighted by molar-refractivity contribution is -0.136. The molecule has 2 heterocycles. The zero-order valence-corrected chi connectivity index (χ0v) is 11.5. The predicted octanol–water partition coefficient (Wildman–Crippen LogP) is 2.22. The van der Waals surface area contributed by atoms with Crippen LogP contribution in [0, 0.1) is 0 Å². The van der Waals surface area contributed by atoms with Gasteiger partial charge in [-0.2, -0.15) is 4.37 Å². The van der Waals surface area contributed by atoms with Crippen molar-refractivity contribution in [3.8, 4) is 0 Å². The monoisotopic (exact) mass is 257 g/mol. The van der Waals surface area contributed by atoms with E-state index in [0.717, 1.165) is 11.0 Å². The molecule has 17 heavy (non-hydrogen) atoms. The topological polar surface area (TPSA) is 56.3 Å². The molecule has 1 unspecified atom stereocenters. The van der Waals surface area contributed by atoms with Gasteiger partial charge in [0.25, 0.3) is 0 Å². The molecule has 1 atom stereocenters. The van der Waals surface area contributed by atoms with Crippen LogP contribution < -0.4 is 5.32 Å². The highest BCUT2D eigenvalue weighted by Crippen LogP contribution is 2.23.